The Labute approximate surface area is 202 Å². The summed E-state index contributed by atoms with van der Waals surface area (Å²) in [6.45, 7) is 8.29. The van der Waals surface area contributed by atoms with Crippen LogP contribution >= 0.6 is 35.6 Å². The van der Waals surface area contributed by atoms with Crippen LogP contribution in [0.1, 0.15) is 32.8 Å². The summed E-state index contributed by atoms with van der Waals surface area (Å²) < 4.78 is 38.4. The second-order valence-electron chi connectivity index (χ2n) is 7.31. The van der Waals surface area contributed by atoms with Crippen LogP contribution in [0.5, 0.6) is 0 Å². The Balaban J connectivity index is 0.00000480. The average Bonchev–Trinajstić information content (AvgIpc) is 3.12. The first-order valence-corrected chi connectivity index (χ1v) is 10.3. The quantitative estimate of drug-likeness (QED) is 0.201. The molecule has 176 valence electrons. The Morgan fingerprint density at radius 1 is 1.39 bits per heavy atom. The number of hydrogen-bond acceptors (Lipinski definition) is 4. The van der Waals surface area contributed by atoms with Gasteiger partial charge in [0.15, 0.2) is 5.96 Å². The Morgan fingerprint density at radius 3 is 2.68 bits per heavy atom. The first kappa shape index (κ1) is 27.5. The van der Waals surface area contributed by atoms with Crippen LogP contribution in [0, 0.1) is 5.92 Å². The highest BCUT2D eigenvalue weighted by Gasteiger charge is 2.33. The zero-order valence-electron chi connectivity index (χ0n) is 17.7. The van der Waals surface area contributed by atoms with E-state index in [4.69, 9.17) is 11.6 Å². The Bertz CT molecular complexity index is 763. The molecule has 2 heterocycles. The number of amides is 1. The fourth-order valence-electron chi connectivity index (χ4n) is 2.95. The molecule has 1 saturated heterocycles. The molecule has 3 N–H and O–H groups in total. The van der Waals surface area contributed by atoms with E-state index in [1.54, 1.807) is 0 Å². The number of carbonyl (C=O) groups excluding carboxylic acids is 1. The van der Waals surface area contributed by atoms with Crippen LogP contribution < -0.4 is 20.9 Å². The lowest BCUT2D eigenvalue weighted by atomic mass is 10.2. The van der Waals surface area contributed by atoms with Crippen molar-refractivity contribution in [3.05, 3.63) is 22.8 Å². The Hall–Kier alpha value is -1.50. The summed E-state index contributed by atoms with van der Waals surface area (Å²) in [5, 5.41) is 9.26. The van der Waals surface area contributed by atoms with Crippen molar-refractivity contribution in [3.8, 4) is 0 Å². The van der Waals surface area contributed by atoms with Crippen LogP contribution in [0.15, 0.2) is 17.3 Å². The predicted octanol–water partition coefficient (Wildman–Crippen LogP) is 3.28. The van der Waals surface area contributed by atoms with E-state index in [9.17, 15) is 18.0 Å². The van der Waals surface area contributed by atoms with Gasteiger partial charge in [-0.1, -0.05) is 25.4 Å². The number of nitrogens with one attached hydrogen (secondary N) is 3. The van der Waals surface area contributed by atoms with E-state index >= 15 is 0 Å². The van der Waals surface area contributed by atoms with Crippen molar-refractivity contribution in [1.29, 1.82) is 0 Å². The van der Waals surface area contributed by atoms with Crippen LogP contribution in [0.4, 0.5) is 19.0 Å². The van der Waals surface area contributed by atoms with Gasteiger partial charge in [0.1, 0.15) is 5.82 Å². The summed E-state index contributed by atoms with van der Waals surface area (Å²) in [6, 6.07) is 0.940. The minimum absolute atomic E-state index is 0. The van der Waals surface area contributed by atoms with Gasteiger partial charge in [0, 0.05) is 44.3 Å². The number of halogens is 5. The number of carbonyl (C=O) groups is 1. The molecule has 2 rings (SSSR count). The van der Waals surface area contributed by atoms with E-state index in [0.717, 1.165) is 18.7 Å². The topological polar surface area (TPSA) is 81.6 Å². The third-order valence-electron chi connectivity index (χ3n) is 4.53. The van der Waals surface area contributed by atoms with E-state index in [1.807, 2.05) is 25.7 Å². The molecule has 1 aromatic rings. The number of rotatable bonds is 7. The van der Waals surface area contributed by atoms with Gasteiger partial charge in [-0.25, -0.2) is 4.98 Å². The Morgan fingerprint density at radius 2 is 2.10 bits per heavy atom. The zero-order chi connectivity index (χ0) is 22.3. The highest BCUT2D eigenvalue weighted by molar-refractivity contribution is 14.0. The molecule has 1 unspecified atom stereocenters. The molecule has 12 heteroatoms. The summed E-state index contributed by atoms with van der Waals surface area (Å²) in [5.74, 6) is 0.868. The van der Waals surface area contributed by atoms with Gasteiger partial charge in [-0.15, -0.1) is 24.0 Å². The molecule has 1 fully saturated rings. The van der Waals surface area contributed by atoms with Gasteiger partial charge in [0.25, 0.3) is 0 Å². The fraction of sp³-hybridized carbons (Fsp3) is 0.632. The number of aliphatic imine (C=N–C) groups is 1. The van der Waals surface area contributed by atoms with Gasteiger partial charge in [0.2, 0.25) is 5.91 Å². The standard InChI is InChI=1S/C19H28ClF3N6O.HI/c1-4-24-18(26-7-6-25-17(30)12(2)3)28-14-5-8-29(11-14)16-15(20)9-13(10-27-16)19(21,22)23;/h9-10,12,14H,4-8,11H2,1-3H3,(H,25,30)(H2,24,26,28);1H. The van der Waals surface area contributed by atoms with Crippen LogP contribution in [0.3, 0.4) is 0 Å². The van der Waals surface area contributed by atoms with Crippen molar-refractivity contribution < 1.29 is 18.0 Å². The van der Waals surface area contributed by atoms with Crippen LogP contribution in [0.25, 0.3) is 0 Å². The van der Waals surface area contributed by atoms with Gasteiger partial charge in [-0.05, 0) is 19.4 Å². The third kappa shape index (κ3) is 8.51. The van der Waals surface area contributed by atoms with Crippen molar-refractivity contribution in [2.45, 2.75) is 39.4 Å². The second kappa shape index (κ2) is 12.5. The van der Waals surface area contributed by atoms with E-state index in [-0.39, 0.29) is 46.9 Å². The molecule has 1 aromatic heterocycles. The van der Waals surface area contributed by atoms with Crippen LogP contribution in [-0.4, -0.2) is 55.6 Å². The Kier molecular flexibility index (Phi) is 11.1. The lowest BCUT2D eigenvalue weighted by Gasteiger charge is -2.21. The fourth-order valence-corrected chi connectivity index (χ4v) is 3.24. The van der Waals surface area contributed by atoms with Gasteiger partial charge < -0.3 is 20.9 Å². The number of pyridine rings is 1. The lowest BCUT2D eigenvalue weighted by Crippen LogP contribution is -2.45. The predicted molar refractivity (Wildman–Crippen MR) is 127 cm³/mol. The van der Waals surface area contributed by atoms with Gasteiger partial charge in [-0.3, -0.25) is 9.79 Å². The molecule has 0 saturated carbocycles. The molecule has 7 nitrogen and oxygen atoms in total. The molecule has 0 bridgehead atoms. The molecule has 0 radical (unpaired) electrons. The van der Waals surface area contributed by atoms with Gasteiger partial charge in [-0.2, -0.15) is 13.2 Å². The number of nitrogens with zero attached hydrogens (tertiary/aromatic N) is 3. The lowest BCUT2D eigenvalue weighted by molar-refractivity contribution is -0.137. The molecular weight excluding hydrogens is 548 g/mol. The highest BCUT2D eigenvalue weighted by Crippen LogP contribution is 2.34. The average molecular weight is 577 g/mol. The number of anilines is 1. The first-order chi connectivity index (χ1) is 14.1. The van der Waals surface area contributed by atoms with Crippen molar-refractivity contribution in [3.63, 3.8) is 0 Å². The molecule has 31 heavy (non-hydrogen) atoms. The molecule has 1 aliphatic rings. The van der Waals surface area contributed by atoms with Crippen molar-refractivity contribution in [1.82, 2.24) is 20.9 Å². The molecule has 1 atom stereocenters. The zero-order valence-corrected chi connectivity index (χ0v) is 20.8. The maximum absolute atomic E-state index is 12.8. The van der Waals surface area contributed by atoms with Gasteiger partial charge >= 0.3 is 6.18 Å². The summed E-state index contributed by atoms with van der Waals surface area (Å²) in [5.41, 5.74) is -0.865. The largest absolute Gasteiger partial charge is 0.417 e. The number of guanidine groups is 1. The van der Waals surface area contributed by atoms with Crippen molar-refractivity contribution in [2.24, 2.45) is 10.9 Å². The highest BCUT2D eigenvalue weighted by atomic mass is 127. The molecule has 0 aliphatic carbocycles. The molecular formula is C19H29ClF3IN6O. The summed E-state index contributed by atoms with van der Waals surface area (Å²) in [4.78, 5) is 21.8. The summed E-state index contributed by atoms with van der Waals surface area (Å²) >= 11 is 6.06. The molecule has 1 aliphatic heterocycles. The van der Waals surface area contributed by atoms with E-state index < -0.39 is 11.7 Å². The maximum atomic E-state index is 12.8. The maximum Gasteiger partial charge on any atom is 0.417 e. The second-order valence-corrected chi connectivity index (χ2v) is 7.72. The molecule has 1 amide bonds. The smallest absolute Gasteiger partial charge is 0.357 e. The number of hydrogen-bond donors (Lipinski definition) is 3. The van der Waals surface area contributed by atoms with E-state index in [1.165, 1.54) is 0 Å². The third-order valence-corrected chi connectivity index (χ3v) is 4.81. The molecule has 0 spiro atoms. The van der Waals surface area contributed by atoms with Crippen molar-refractivity contribution >= 4 is 53.3 Å². The van der Waals surface area contributed by atoms with Crippen LogP contribution in [0.2, 0.25) is 5.02 Å². The monoisotopic (exact) mass is 576 g/mol. The number of alkyl halides is 3. The summed E-state index contributed by atoms with van der Waals surface area (Å²) in [7, 11) is 0. The normalized spacial score (nSPS) is 16.8. The van der Waals surface area contributed by atoms with Gasteiger partial charge in [0.05, 0.1) is 17.1 Å². The molecule has 0 aromatic carbocycles. The first-order valence-electron chi connectivity index (χ1n) is 9.92. The van der Waals surface area contributed by atoms with Crippen molar-refractivity contribution in [2.75, 3.05) is 37.6 Å². The van der Waals surface area contributed by atoms with E-state index in [0.29, 0.717) is 44.5 Å². The summed E-state index contributed by atoms with van der Waals surface area (Å²) in [6.07, 6.45) is -2.91. The number of aromatic nitrogens is 1. The SMILES string of the molecule is CCNC(=NCCNC(=O)C(C)C)NC1CCN(c2ncc(C(F)(F)F)cc2Cl)C1.I. The minimum atomic E-state index is -4.48. The van der Waals surface area contributed by atoms with E-state index in [2.05, 4.69) is 25.9 Å². The van der Waals surface area contributed by atoms with Crippen LogP contribution in [-0.2, 0) is 11.0 Å². The minimum Gasteiger partial charge on any atom is -0.357 e.